The lowest BCUT2D eigenvalue weighted by Crippen LogP contribution is -2.18. The minimum Gasteiger partial charge on any atom is -0.431 e. The number of carbonyl (C=O) groups excluding carboxylic acids is 1. The SMILES string of the molecule is CC(C)n1nc(N)c2cc(NC(=O)c3nc(-c4ccccc4)oc3C(F)(F)F)ccc21. The molecule has 0 atom stereocenters. The maximum Gasteiger partial charge on any atom is 0.452 e. The van der Waals surface area contributed by atoms with Crippen LogP contribution in [0.2, 0.25) is 0 Å². The first-order valence-corrected chi connectivity index (χ1v) is 9.37. The summed E-state index contributed by atoms with van der Waals surface area (Å²) in [5, 5.41) is 7.27. The minimum absolute atomic E-state index is 0.0566. The third-order valence-electron chi connectivity index (χ3n) is 4.60. The standard InChI is InChI=1S/C21H18F3N5O2/c1-11(2)29-15-9-8-13(10-14(15)18(25)28-29)26-19(30)16-17(21(22,23)24)31-20(27-16)12-6-4-3-5-7-12/h3-11H,1-2H3,(H2,25,28)(H,26,30). The highest BCUT2D eigenvalue weighted by Gasteiger charge is 2.42. The average molecular weight is 429 g/mol. The molecule has 0 saturated carbocycles. The van der Waals surface area contributed by atoms with Crippen LogP contribution in [-0.4, -0.2) is 20.7 Å². The van der Waals surface area contributed by atoms with Crippen LogP contribution in [0.3, 0.4) is 0 Å². The van der Waals surface area contributed by atoms with E-state index in [-0.39, 0.29) is 23.4 Å². The second kappa shape index (κ2) is 7.46. The molecule has 0 bridgehead atoms. The van der Waals surface area contributed by atoms with Gasteiger partial charge in [-0.1, -0.05) is 18.2 Å². The minimum atomic E-state index is -4.89. The van der Waals surface area contributed by atoms with Gasteiger partial charge in [-0.15, -0.1) is 0 Å². The quantitative estimate of drug-likeness (QED) is 0.469. The van der Waals surface area contributed by atoms with Gasteiger partial charge in [-0.2, -0.15) is 18.3 Å². The lowest BCUT2D eigenvalue weighted by molar-refractivity contribution is -0.153. The van der Waals surface area contributed by atoms with Crippen molar-refractivity contribution in [2.45, 2.75) is 26.1 Å². The van der Waals surface area contributed by atoms with Crippen LogP contribution in [0, 0.1) is 0 Å². The molecule has 0 spiro atoms. The highest BCUT2D eigenvalue weighted by Crippen LogP contribution is 2.36. The molecular weight excluding hydrogens is 411 g/mol. The van der Waals surface area contributed by atoms with E-state index in [1.807, 2.05) is 13.8 Å². The van der Waals surface area contributed by atoms with Crippen molar-refractivity contribution in [3.63, 3.8) is 0 Å². The smallest absolute Gasteiger partial charge is 0.431 e. The topological polar surface area (TPSA) is 99.0 Å². The van der Waals surface area contributed by atoms with Gasteiger partial charge >= 0.3 is 6.18 Å². The normalized spacial score (nSPS) is 11.9. The molecule has 7 nitrogen and oxygen atoms in total. The van der Waals surface area contributed by atoms with Crippen molar-refractivity contribution < 1.29 is 22.4 Å². The fraction of sp³-hybridized carbons (Fsp3) is 0.190. The van der Waals surface area contributed by atoms with E-state index in [1.165, 1.54) is 12.1 Å². The van der Waals surface area contributed by atoms with E-state index in [9.17, 15) is 18.0 Å². The van der Waals surface area contributed by atoms with E-state index >= 15 is 0 Å². The second-order valence-electron chi connectivity index (χ2n) is 7.17. The first-order valence-electron chi connectivity index (χ1n) is 9.37. The molecule has 4 rings (SSSR count). The number of aromatic nitrogens is 3. The molecule has 160 valence electrons. The van der Waals surface area contributed by atoms with Gasteiger partial charge in [0.2, 0.25) is 11.7 Å². The summed E-state index contributed by atoms with van der Waals surface area (Å²) in [7, 11) is 0. The van der Waals surface area contributed by atoms with Crippen LogP contribution in [0.25, 0.3) is 22.4 Å². The molecule has 3 N–H and O–H groups in total. The van der Waals surface area contributed by atoms with Crippen molar-refractivity contribution in [2.75, 3.05) is 11.1 Å². The Morgan fingerprint density at radius 2 is 1.87 bits per heavy atom. The predicted molar refractivity (Wildman–Crippen MR) is 109 cm³/mol. The van der Waals surface area contributed by atoms with Gasteiger partial charge in [-0.3, -0.25) is 9.48 Å². The molecule has 0 radical (unpaired) electrons. The van der Waals surface area contributed by atoms with Gasteiger partial charge in [0.05, 0.1) is 5.52 Å². The zero-order valence-electron chi connectivity index (χ0n) is 16.6. The number of nitrogens with one attached hydrogen (secondary N) is 1. The van der Waals surface area contributed by atoms with Crippen LogP contribution in [0.5, 0.6) is 0 Å². The molecule has 0 aliphatic carbocycles. The van der Waals surface area contributed by atoms with Crippen LogP contribution in [0.15, 0.2) is 52.9 Å². The number of carbonyl (C=O) groups is 1. The summed E-state index contributed by atoms with van der Waals surface area (Å²) < 4.78 is 47.1. The number of amides is 1. The Morgan fingerprint density at radius 3 is 2.52 bits per heavy atom. The molecule has 2 aromatic carbocycles. The molecule has 2 aromatic heterocycles. The van der Waals surface area contributed by atoms with Crippen LogP contribution in [0.4, 0.5) is 24.7 Å². The molecule has 0 aliphatic heterocycles. The largest absolute Gasteiger partial charge is 0.452 e. The average Bonchev–Trinajstić information content (AvgIpc) is 3.31. The predicted octanol–water partition coefficient (Wildman–Crippen LogP) is 5.13. The van der Waals surface area contributed by atoms with Gasteiger partial charge in [0.25, 0.3) is 5.91 Å². The van der Waals surface area contributed by atoms with Gasteiger partial charge in [0.1, 0.15) is 0 Å². The molecule has 0 saturated heterocycles. The third kappa shape index (κ3) is 3.83. The third-order valence-corrected chi connectivity index (χ3v) is 4.60. The van der Waals surface area contributed by atoms with Crippen molar-refractivity contribution in [1.82, 2.24) is 14.8 Å². The fourth-order valence-corrected chi connectivity index (χ4v) is 3.20. The summed E-state index contributed by atoms with van der Waals surface area (Å²) in [6.45, 7) is 3.88. The summed E-state index contributed by atoms with van der Waals surface area (Å²) in [4.78, 5) is 16.5. The monoisotopic (exact) mass is 429 g/mol. The van der Waals surface area contributed by atoms with Gasteiger partial charge in [0.15, 0.2) is 11.5 Å². The summed E-state index contributed by atoms with van der Waals surface area (Å²) >= 11 is 0. The number of hydrogen-bond acceptors (Lipinski definition) is 5. The molecule has 4 aromatic rings. The van der Waals surface area contributed by atoms with E-state index in [2.05, 4.69) is 15.4 Å². The number of fused-ring (bicyclic) bond motifs is 1. The Labute approximate surface area is 174 Å². The van der Waals surface area contributed by atoms with Crippen molar-refractivity contribution in [3.05, 3.63) is 60.0 Å². The zero-order chi connectivity index (χ0) is 22.3. The number of nitrogens with zero attached hydrogens (tertiary/aromatic N) is 3. The van der Waals surface area contributed by atoms with E-state index in [4.69, 9.17) is 10.2 Å². The van der Waals surface area contributed by atoms with Crippen molar-refractivity contribution in [1.29, 1.82) is 0 Å². The summed E-state index contributed by atoms with van der Waals surface area (Å²) in [6, 6.07) is 12.9. The Kier molecular flexibility index (Phi) is 4.92. The maximum atomic E-state index is 13.5. The highest BCUT2D eigenvalue weighted by atomic mass is 19.4. The summed E-state index contributed by atoms with van der Waals surface area (Å²) in [6.07, 6.45) is -4.89. The molecule has 0 unspecified atom stereocenters. The number of benzene rings is 2. The number of nitrogens with two attached hydrogens (primary N) is 1. The molecule has 1 amide bonds. The number of alkyl halides is 3. The zero-order valence-corrected chi connectivity index (χ0v) is 16.6. The summed E-state index contributed by atoms with van der Waals surface area (Å²) in [5.41, 5.74) is 6.42. The van der Waals surface area contributed by atoms with Gasteiger partial charge in [-0.25, -0.2) is 4.98 Å². The Morgan fingerprint density at radius 1 is 1.16 bits per heavy atom. The number of oxazole rings is 1. The second-order valence-corrected chi connectivity index (χ2v) is 7.17. The first kappa shape index (κ1) is 20.5. The van der Waals surface area contributed by atoms with Crippen molar-refractivity contribution >= 4 is 28.3 Å². The van der Waals surface area contributed by atoms with Crippen LogP contribution in [0.1, 0.15) is 36.1 Å². The van der Waals surface area contributed by atoms with Gasteiger partial charge in [0, 0.05) is 22.7 Å². The lowest BCUT2D eigenvalue weighted by atomic mass is 10.2. The number of halogens is 3. The van der Waals surface area contributed by atoms with Crippen LogP contribution >= 0.6 is 0 Å². The van der Waals surface area contributed by atoms with Gasteiger partial charge < -0.3 is 15.5 Å². The molecule has 0 aliphatic rings. The van der Waals surface area contributed by atoms with E-state index in [0.29, 0.717) is 10.9 Å². The molecular formula is C21H18F3N5O2. The first-order chi connectivity index (χ1) is 14.6. The fourth-order valence-electron chi connectivity index (χ4n) is 3.20. The Balaban J connectivity index is 1.70. The van der Waals surface area contributed by atoms with E-state index in [0.717, 1.165) is 5.52 Å². The molecule has 10 heteroatoms. The van der Waals surface area contributed by atoms with Crippen LogP contribution in [-0.2, 0) is 6.18 Å². The number of nitrogen functional groups attached to an aromatic ring is 1. The molecule has 2 heterocycles. The van der Waals surface area contributed by atoms with Crippen molar-refractivity contribution in [2.24, 2.45) is 0 Å². The number of rotatable bonds is 4. The molecule has 31 heavy (non-hydrogen) atoms. The van der Waals surface area contributed by atoms with E-state index in [1.54, 1.807) is 41.1 Å². The van der Waals surface area contributed by atoms with E-state index < -0.39 is 23.5 Å². The number of hydrogen-bond donors (Lipinski definition) is 2. The Bertz CT molecular complexity index is 1260. The van der Waals surface area contributed by atoms with Crippen LogP contribution < -0.4 is 11.1 Å². The summed E-state index contributed by atoms with van der Waals surface area (Å²) in [5.74, 6) is -2.55. The maximum absolute atomic E-state index is 13.5. The van der Waals surface area contributed by atoms with Crippen molar-refractivity contribution in [3.8, 4) is 11.5 Å². The molecule has 0 fully saturated rings. The number of anilines is 2. The Hall–Kier alpha value is -3.82. The lowest BCUT2D eigenvalue weighted by Gasteiger charge is -2.08. The highest BCUT2D eigenvalue weighted by molar-refractivity contribution is 6.05. The van der Waals surface area contributed by atoms with Gasteiger partial charge in [-0.05, 0) is 44.2 Å².